The van der Waals surface area contributed by atoms with Crippen molar-refractivity contribution in [2.24, 2.45) is 0 Å². The first-order chi connectivity index (χ1) is 12.4. The minimum atomic E-state index is -3.24. The lowest BCUT2D eigenvalue weighted by Gasteiger charge is -2.05. The summed E-state index contributed by atoms with van der Waals surface area (Å²) in [5.74, 6) is 1.36. The number of aryl methyl sites for hydroxylation is 1. The van der Waals surface area contributed by atoms with Crippen LogP contribution in [0.4, 0.5) is 5.69 Å². The maximum Gasteiger partial charge on any atom is 0.224 e. The molecule has 3 aromatic rings. The summed E-state index contributed by atoms with van der Waals surface area (Å²) in [4.78, 5) is 12.3. The molecule has 1 N–H and O–H groups in total. The molecule has 2 aromatic carbocycles. The number of sulfone groups is 1. The van der Waals surface area contributed by atoms with E-state index in [1.165, 1.54) is 12.1 Å². The third kappa shape index (κ3) is 4.61. The second-order valence-corrected chi connectivity index (χ2v) is 7.99. The van der Waals surface area contributed by atoms with E-state index in [0.717, 1.165) is 23.3 Å². The minimum absolute atomic E-state index is 0.158. The van der Waals surface area contributed by atoms with Crippen molar-refractivity contribution in [1.82, 2.24) is 0 Å². The van der Waals surface area contributed by atoms with Gasteiger partial charge in [0, 0.05) is 30.3 Å². The first-order valence-corrected chi connectivity index (χ1v) is 10.0. The van der Waals surface area contributed by atoms with E-state index >= 15 is 0 Å². The standard InChI is InChI=1S/C20H19NO4S/c1-26(23,24)18-11-7-16(8-12-18)21-20(22)14-10-17-9-13-19(25-17)15-5-3-2-4-6-15/h2-9,11-13H,10,14H2,1H3,(H,21,22). The average Bonchev–Trinajstić information content (AvgIpc) is 3.09. The topological polar surface area (TPSA) is 76.4 Å². The van der Waals surface area contributed by atoms with Crippen molar-refractivity contribution in [1.29, 1.82) is 0 Å². The summed E-state index contributed by atoms with van der Waals surface area (Å²) in [6.07, 6.45) is 1.91. The second-order valence-electron chi connectivity index (χ2n) is 5.98. The summed E-state index contributed by atoms with van der Waals surface area (Å²) in [5, 5.41) is 2.75. The molecule has 3 rings (SSSR count). The van der Waals surface area contributed by atoms with Crippen LogP contribution in [0.2, 0.25) is 0 Å². The fourth-order valence-electron chi connectivity index (χ4n) is 2.52. The van der Waals surface area contributed by atoms with Crippen LogP contribution in [0.3, 0.4) is 0 Å². The van der Waals surface area contributed by atoms with Crippen molar-refractivity contribution in [2.75, 3.05) is 11.6 Å². The van der Waals surface area contributed by atoms with E-state index in [1.54, 1.807) is 12.1 Å². The lowest BCUT2D eigenvalue weighted by Crippen LogP contribution is -2.12. The zero-order valence-electron chi connectivity index (χ0n) is 14.3. The van der Waals surface area contributed by atoms with Crippen molar-refractivity contribution in [3.63, 3.8) is 0 Å². The minimum Gasteiger partial charge on any atom is -0.461 e. The van der Waals surface area contributed by atoms with Crippen molar-refractivity contribution < 1.29 is 17.6 Å². The van der Waals surface area contributed by atoms with Gasteiger partial charge in [-0.15, -0.1) is 0 Å². The van der Waals surface area contributed by atoms with Gasteiger partial charge in [0.05, 0.1) is 4.90 Å². The molecule has 0 spiro atoms. The van der Waals surface area contributed by atoms with Crippen LogP contribution in [0.15, 0.2) is 76.0 Å². The summed E-state index contributed by atoms with van der Waals surface area (Å²) in [6, 6.07) is 19.6. The van der Waals surface area contributed by atoms with Gasteiger partial charge in [-0.3, -0.25) is 4.79 Å². The van der Waals surface area contributed by atoms with Gasteiger partial charge in [-0.05, 0) is 36.4 Å². The molecule has 0 aliphatic rings. The molecule has 0 fully saturated rings. The third-order valence-electron chi connectivity index (χ3n) is 3.88. The molecule has 0 bridgehead atoms. The Balaban J connectivity index is 1.55. The van der Waals surface area contributed by atoms with Crippen LogP contribution in [-0.4, -0.2) is 20.6 Å². The van der Waals surface area contributed by atoms with Crippen molar-refractivity contribution in [3.05, 3.63) is 72.5 Å². The first-order valence-electron chi connectivity index (χ1n) is 8.16. The van der Waals surface area contributed by atoms with Crippen LogP contribution in [0, 0.1) is 0 Å². The normalized spacial score (nSPS) is 11.3. The van der Waals surface area contributed by atoms with E-state index in [4.69, 9.17) is 4.42 Å². The van der Waals surface area contributed by atoms with Crippen molar-refractivity contribution in [3.8, 4) is 11.3 Å². The van der Waals surface area contributed by atoms with Gasteiger partial charge in [0.1, 0.15) is 11.5 Å². The molecule has 1 amide bonds. The average molecular weight is 369 g/mol. The molecule has 5 nitrogen and oxygen atoms in total. The van der Waals surface area contributed by atoms with Gasteiger partial charge < -0.3 is 9.73 Å². The summed E-state index contributed by atoms with van der Waals surface area (Å²) in [7, 11) is -3.24. The number of benzene rings is 2. The quantitative estimate of drug-likeness (QED) is 0.714. The monoisotopic (exact) mass is 369 g/mol. The van der Waals surface area contributed by atoms with Crippen molar-refractivity contribution in [2.45, 2.75) is 17.7 Å². The van der Waals surface area contributed by atoms with E-state index < -0.39 is 9.84 Å². The Morgan fingerprint density at radius 3 is 2.31 bits per heavy atom. The summed E-state index contributed by atoms with van der Waals surface area (Å²) >= 11 is 0. The zero-order valence-corrected chi connectivity index (χ0v) is 15.1. The molecule has 0 atom stereocenters. The molecule has 0 radical (unpaired) electrons. The molecule has 6 heteroatoms. The van der Waals surface area contributed by atoms with Gasteiger partial charge >= 0.3 is 0 Å². The van der Waals surface area contributed by atoms with Gasteiger partial charge in [-0.25, -0.2) is 8.42 Å². The number of furan rings is 1. The molecular formula is C20H19NO4S. The summed E-state index contributed by atoms with van der Waals surface area (Å²) < 4.78 is 28.6. The van der Waals surface area contributed by atoms with Crippen LogP contribution < -0.4 is 5.32 Å². The van der Waals surface area contributed by atoms with Gasteiger partial charge in [0.15, 0.2) is 9.84 Å². The number of carbonyl (C=O) groups is 1. The van der Waals surface area contributed by atoms with Gasteiger partial charge in [0.25, 0.3) is 0 Å². The highest BCUT2D eigenvalue weighted by Crippen LogP contribution is 2.22. The third-order valence-corrected chi connectivity index (χ3v) is 5.01. The Hall–Kier alpha value is -2.86. The van der Waals surface area contributed by atoms with Crippen molar-refractivity contribution >= 4 is 21.4 Å². The number of hydrogen-bond donors (Lipinski definition) is 1. The second kappa shape index (κ2) is 7.58. The van der Waals surface area contributed by atoms with Crippen LogP contribution >= 0.6 is 0 Å². The van der Waals surface area contributed by atoms with Crippen LogP contribution in [0.5, 0.6) is 0 Å². The van der Waals surface area contributed by atoms with E-state index in [1.807, 2.05) is 42.5 Å². The summed E-state index contributed by atoms with van der Waals surface area (Å²) in [6.45, 7) is 0. The first kappa shape index (κ1) is 17.9. The smallest absolute Gasteiger partial charge is 0.224 e. The number of carbonyl (C=O) groups excluding carboxylic acids is 1. The molecule has 0 saturated heterocycles. The summed E-state index contributed by atoms with van der Waals surface area (Å²) in [5.41, 5.74) is 1.56. The molecule has 1 aromatic heterocycles. The molecule has 26 heavy (non-hydrogen) atoms. The lowest BCUT2D eigenvalue weighted by atomic mass is 10.2. The Kier molecular flexibility index (Phi) is 5.23. The molecular weight excluding hydrogens is 350 g/mol. The fourth-order valence-corrected chi connectivity index (χ4v) is 3.15. The maximum absolute atomic E-state index is 12.1. The molecule has 0 unspecified atom stereocenters. The highest BCUT2D eigenvalue weighted by molar-refractivity contribution is 7.90. The Bertz CT molecular complexity index is 990. The fraction of sp³-hybridized carbons (Fsp3) is 0.150. The lowest BCUT2D eigenvalue weighted by molar-refractivity contribution is -0.116. The number of hydrogen-bond acceptors (Lipinski definition) is 4. The van der Waals surface area contributed by atoms with Crippen LogP contribution in [-0.2, 0) is 21.1 Å². The number of nitrogens with one attached hydrogen (secondary N) is 1. The Labute approximate surface area is 152 Å². The molecule has 1 heterocycles. The highest BCUT2D eigenvalue weighted by Gasteiger charge is 2.09. The van der Waals surface area contributed by atoms with Crippen LogP contribution in [0.1, 0.15) is 12.2 Å². The predicted molar refractivity (Wildman–Crippen MR) is 101 cm³/mol. The molecule has 0 saturated carbocycles. The van der Waals surface area contributed by atoms with Gasteiger partial charge in [-0.1, -0.05) is 30.3 Å². The van der Waals surface area contributed by atoms with E-state index in [9.17, 15) is 13.2 Å². The van der Waals surface area contributed by atoms with Gasteiger partial charge in [-0.2, -0.15) is 0 Å². The van der Waals surface area contributed by atoms with E-state index in [-0.39, 0.29) is 17.2 Å². The maximum atomic E-state index is 12.1. The van der Waals surface area contributed by atoms with E-state index in [0.29, 0.717) is 12.1 Å². The largest absolute Gasteiger partial charge is 0.461 e. The van der Waals surface area contributed by atoms with Crippen LogP contribution in [0.25, 0.3) is 11.3 Å². The Morgan fingerprint density at radius 1 is 0.962 bits per heavy atom. The number of amides is 1. The number of rotatable bonds is 6. The predicted octanol–water partition coefficient (Wildman–Crippen LogP) is 3.92. The molecule has 0 aliphatic carbocycles. The molecule has 134 valence electrons. The Morgan fingerprint density at radius 2 is 1.65 bits per heavy atom. The van der Waals surface area contributed by atoms with E-state index in [2.05, 4.69) is 5.32 Å². The molecule has 0 aliphatic heterocycles. The zero-order chi connectivity index (χ0) is 18.6. The highest BCUT2D eigenvalue weighted by atomic mass is 32.2. The van der Waals surface area contributed by atoms with Gasteiger partial charge in [0.2, 0.25) is 5.91 Å². The number of anilines is 1. The SMILES string of the molecule is CS(=O)(=O)c1ccc(NC(=O)CCc2ccc(-c3ccccc3)o2)cc1.